The van der Waals surface area contributed by atoms with Gasteiger partial charge in [-0.15, -0.1) is 0 Å². The molecule has 172 valence electrons. The minimum Gasteiger partial charge on any atom is -0.480 e. The van der Waals surface area contributed by atoms with Gasteiger partial charge in [-0.1, -0.05) is 0 Å². The summed E-state index contributed by atoms with van der Waals surface area (Å²) in [5.74, 6) is -4.42. The topological polar surface area (TPSA) is 216 Å². The molecule has 0 radical (unpaired) electrons. The molecule has 0 aliphatic rings. The maximum Gasteiger partial charge on any atom is 0.323 e. The number of hydrogen-bond acceptors (Lipinski definition) is 8. The highest BCUT2D eigenvalue weighted by Gasteiger charge is 2.30. The number of carbonyl (C=O) groups excluding carboxylic acids is 4. The number of rotatable bonds is 11. The van der Waals surface area contributed by atoms with E-state index in [2.05, 4.69) is 30.6 Å². The monoisotopic (exact) mass is 448 g/mol. The van der Waals surface area contributed by atoms with Crippen LogP contribution in [0.25, 0.3) is 0 Å². The zero-order chi connectivity index (χ0) is 23.7. The zero-order valence-corrected chi connectivity index (χ0v) is 17.2. The third kappa shape index (κ3) is 7.32. The number of carboxylic acids is 1. The summed E-state index contributed by atoms with van der Waals surface area (Å²) in [7, 11) is 0. The highest BCUT2D eigenvalue weighted by atomic mass is 16.4. The largest absolute Gasteiger partial charge is 0.480 e. The van der Waals surface area contributed by atoms with E-state index in [1.54, 1.807) is 0 Å². The van der Waals surface area contributed by atoms with Crippen LogP contribution in [-0.2, 0) is 36.8 Å². The molecule has 0 bridgehead atoms. The maximum atomic E-state index is 12.8. The normalized spacial score (nSPS) is 12.4. The second kappa shape index (κ2) is 11.4. The summed E-state index contributed by atoms with van der Waals surface area (Å²) >= 11 is 0. The number of amides is 4. The number of aliphatic carboxylic acids is 1. The lowest BCUT2D eigenvalue weighted by Gasteiger charge is -2.24. The summed E-state index contributed by atoms with van der Waals surface area (Å²) in [4.78, 5) is 73.8. The van der Waals surface area contributed by atoms with Gasteiger partial charge in [0.2, 0.25) is 17.7 Å². The predicted molar refractivity (Wildman–Crippen MR) is 108 cm³/mol. The number of aromatic amines is 2. The van der Waals surface area contributed by atoms with Crippen molar-refractivity contribution >= 4 is 29.6 Å². The summed E-state index contributed by atoms with van der Waals surface area (Å²) in [5, 5.41) is 13.8. The summed E-state index contributed by atoms with van der Waals surface area (Å²) in [6, 6.07) is -2.21. The van der Waals surface area contributed by atoms with Gasteiger partial charge < -0.3 is 31.4 Å². The number of nitrogens with zero attached hydrogens (tertiary/aromatic N) is 3. The Labute approximate surface area is 182 Å². The number of H-pyrrole nitrogens is 2. The van der Waals surface area contributed by atoms with E-state index in [1.807, 2.05) is 0 Å². The van der Waals surface area contributed by atoms with E-state index in [-0.39, 0.29) is 12.8 Å². The van der Waals surface area contributed by atoms with E-state index in [0.29, 0.717) is 16.3 Å². The summed E-state index contributed by atoms with van der Waals surface area (Å²) in [6.45, 7) is -0.304. The third-order valence-electron chi connectivity index (χ3n) is 4.31. The van der Waals surface area contributed by atoms with Crippen molar-refractivity contribution in [2.45, 2.75) is 31.8 Å². The lowest BCUT2D eigenvalue weighted by molar-refractivity contribution is -0.153. The first-order valence-electron chi connectivity index (χ1n) is 9.48. The van der Waals surface area contributed by atoms with Gasteiger partial charge in [-0.2, -0.15) is 0 Å². The Balaban J connectivity index is 2.00. The van der Waals surface area contributed by atoms with Crippen molar-refractivity contribution in [3.63, 3.8) is 0 Å². The molecular formula is C18H24N8O6. The fraction of sp³-hybridized carbons (Fsp3) is 0.389. The number of imide groups is 1. The van der Waals surface area contributed by atoms with Crippen LogP contribution in [-0.4, -0.2) is 84.7 Å². The van der Waals surface area contributed by atoms with Gasteiger partial charge in [0.15, 0.2) is 0 Å². The van der Waals surface area contributed by atoms with Gasteiger partial charge in [0, 0.05) is 43.5 Å². The second-order valence-corrected chi connectivity index (χ2v) is 6.84. The van der Waals surface area contributed by atoms with E-state index in [0.717, 1.165) is 6.92 Å². The molecule has 14 nitrogen and oxygen atoms in total. The van der Waals surface area contributed by atoms with Crippen LogP contribution in [0.1, 0.15) is 18.3 Å². The van der Waals surface area contributed by atoms with Gasteiger partial charge in [-0.05, 0) is 0 Å². The molecule has 0 unspecified atom stereocenters. The van der Waals surface area contributed by atoms with E-state index in [4.69, 9.17) is 10.8 Å². The average molecular weight is 448 g/mol. The Morgan fingerprint density at radius 2 is 1.69 bits per heavy atom. The van der Waals surface area contributed by atoms with Crippen LogP contribution in [0.15, 0.2) is 25.0 Å². The Morgan fingerprint density at radius 1 is 1.09 bits per heavy atom. The van der Waals surface area contributed by atoms with Crippen molar-refractivity contribution in [2.75, 3.05) is 13.1 Å². The maximum absolute atomic E-state index is 12.8. The molecule has 0 spiro atoms. The second-order valence-electron chi connectivity index (χ2n) is 6.84. The molecule has 0 aliphatic heterocycles. The number of nitrogens with two attached hydrogens (primary N) is 1. The smallest absolute Gasteiger partial charge is 0.323 e. The fourth-order valence-electron chi connectivity index (χ4n) is 2.75. The molecule has 7 N–H and O–H groups in total. The number of hydrogen-bond donors (Lipinski definition) is 6. The fourth-order valence-corrected chi connectivity index (χ4v) is 2.75. The number of carboxylic acid groups (broad SMARTS) is 1. The van der Waals surface area contributed by atoms with Gasteiger partial charge in [-0.25, -0.2) is 9.97 Å². The van der Waals surface area contributed by atoms with Gasteiger partial charge in [0.1, 0.15) is 12.6 Å². The number of aromatic nitrogens is 4. The Hall–Kier alpha value is -4.07. The number of carbonyl (C=O) groups is 5. The van der Waals surface area contributed by atoms with E-state index >= 15 is 0 Å². The first-order chi connectivity index (χ1) is 15.2. The first kappa shape index (κ1) is 24.2. The van der Waals surface area contributed by atoms with Crippen LogP contribution in [0.2, 0.25) is 0 Å². The van der Waals surface area contributed by atoms with Gasteiger partial charge in [0.05, 0.1) is 25.2 Å². The molecule has 32 heavy (non-hydrogen) atoms. The minimum absolute atomic E-state index is 0.0821. The quantitative estimate of drug-likeness (QED) is 0.210. The molecule has 0 saturated carbocycles. The van der Waals surface area contributed by atoms with Crippen molar-refractivity contribution < 1.29 is 29.1 Å². The van der Waals surface area contributed by atoms with Crippen LogP contribution in [0.3, 0.4) is 0 Å². The first-order valence-corrected chi connectivity index (χ1v) is 9.48. The Morgan fingerprint density at radius 3 is 2.19 bits per heavy atom. The third-order valence-corrected chi connectivity index (χ3v) is 4.31. The molecule has 14 heteroatoms. The summed E-state index contributed by atoms with van der Waals surface area (Å²) < 4.78 is 0. The van der Waals surface area contributed by atoms with Crippen LogP contribution in [0.5, 0.6) is 0 Å². The van der Waals surface area contributed by atoms with Crippen LogP contribution < -0.4 is 16.4 Å². The van der Waals surface area contributed by atoms with E-state index in [1.165, 1.54) is 25.0 Å². The summed E-state index contributed by atoms with van der Waals surface area (Å²) in [6.07, 6.45) is 5.83. The molecule has 0 saturated heterocycles. The van der Waals surface area contributed by atoms with Crippen LogP contribution in [0.4, 0.5) is 0 Å². The molecule has 0 aromatic carbocycles. The summed E-state index contributed by atoms with van der Waals surface area (Å²) in [5.41, 5.74) is 6.91. The highest BCUT2D eigenvalue weighted by Crippen LogP contribution is 2.05. The molecule has 0 fully saturated rings. The number of nitrogens with one attached hydrogen (secondary N) is 4. The molecule has 2 heterocycles. The lowest BCUT2D eigenvalue weighted by atomic mass is 10.1. The molecule has 2 atom stereocenters. The SMILES string of the molecule is CC(=O)N(CC(=O)O)C(=O)[C@H](Cc1cnc[nH]1)NC(=O)CNC(=O)[C@@H](N)Cc1cnc[nH]1. The van der Waals surface area contributed by atoms with Crippen molar-refractivity contribution in [3.8, 4) is 0 Å². The van der Waals surface area contributed by atoms with Crippen LogP contribution in [0, 0.1) is 0 Å². The van der Waals surface area contributed by atoms with Gasteiger partial charge >= 0.3 is 5.97 Å². The van der Waals surface area contributed by atoms with Crippen molar-refractivity contribution in [1.29, 1.82) is 0 Å². The molecule has 2 aromatic heterocycles. The predicted octanol–water partition coefficient (Wildman–Crippen LogP) is -2.69. The van der Waals surface area contributed by atoms with Crippen molar-refractivity contribution in [3.05, 3.63) is 36.4 Å². The van der Waals surface area contributed by atoms with Crippen LogP contribution >= 0.6 is 0 Å². The van der Waals surface area contributed by atoms with Gasteiger partial charge in [0.25, 0.3) is 5.91 Å². The lowest BCUT2D eigenvalue weighted by Crippen LogP contribution is -2.54. The molecule has 2 rings (SSSR count). The zero-order valence-electron chi connectivity index (χ0n) is 17.2. The molecular weight excluding hydrogens is 424 g/mol. The minimum atomic E-state index is -1.39. The van der Waals surface area contributed by atoms with E-state index in [9.17, 15) is 24.0 Å². The standard InChI is InChI=1S/C18H24N8O6/c1-10(27)26(7-16(29)30)18(32)14(3-12-5-21-9-24-12)25-15(28)6-22-17(31)13(19)2-11-4-20-8-23-11/h4-5,8-9,13-14H,2-3,6-7,19H2,1H3,(H,20,23)(H,21,24)(H,22,31)(H,25,28)(H,29,30)/t13-,14-/m0/s1. The van der Waals surface area contributed by atoms with Crippen molar-refractivity contribution in [2.24, 2.45) is 5.73 Å². The number of imidazole rings is 2. The van der Waals surface area contributed by atoms with E-state index < -0.39 is 54.8 Å². The Kier molecular flexibility index (Phi) is 8.59. The van der Waals surface area contributed by atoms with Crippen molar-refractivity contribution in [1.82, 2.24) is 35.5 Å². The molecule has 2 aromatic rings. The highest BCUT2D eigenvalue weighted by molar-refractivity contribution is 6.01. The van der Waals surface area contributed by atoms with Gasteiger partial charge in [-0.3, -0.25) is 28.9 Å². The molecule has 0 aliphatic carbocycles. The average Bonchev–Trinajstić information content (AvgIpc) is 3.43. The Bertz CT molecular complexity index is 943. The molecule has 4 amide bonds.